The third-order valence-corrected chi connectivity index (χ3v) is 5.68. The van der Waals surface area contributed by atoms with Gasteiger partial charge in [-0.2, -0.15) is 0 Å². The van der Waals surface area contributed by atoms with Gasteiger partial charge in [-0.1, -0.05) is 12.8 Å². The van der Waals surface area contributed by atoms with Gasteiger partial charge in [-0.15, -0.1) is 0 Å². The lowest BCUT2D eigenvalue weighted by atomic mass is 9.77. The quantitative estimate of drug-likeness (QED) is 0.799. The smallest absolute Gasteiger partial charge is 0.00420 e. The molecule has 2 saturated carbocycles. The van der Waals surface area contributed by atoms with E-state index < -0.39 is 0 Å². The molecule has 2 heteroatoms. The summed E-state index contributed by atoms with van der Waals surface area (Å²) in [7, 11) is 0. The Labute approximate surface area is 106 Å². The summed E-state index contributed by atoms with van der Waals surface area (Å²) in [5, 5.41) is 0. The molecule has 2 unspecified atom stereocenters. The van der Waals surface area contributed by atoms with Gasteiger partial charge in [0.15, 0.2) is 0 Å². The zero-order valence-electron chi connectivity index (χ0n) is 11.2. The van der Waals surface area contributed by atoms with E-state index >= 15 is 0 Å². The molecule has 2 aliphatic carbocycles. The lowest BCUT2D eigenvalue weighted by Gasteiger charge is -2.40. The largest absolute Gasteiger partial charge is 0.328 e. The van der Waals surface area contributed by atoms with Crippen molar-refractivity contribution in [3.63, 3.8) is 0 Å². The van der Waals surface area contributed by atoms with Crippen LogP contribution in [0.1, 0.15) is 57.8 Å². The van der Waals surface area contributed by atoms with Gasteiger partial charge in [0.2, 0.25) is 0 Å². The Morgan fingerprint density at radius 1 is 1.00 bits per heavy atom. The fourth-order valence-electron chi connectivity index (χ4n) is 4.48. The third-order valence-electron chi connectivity index (χ3n) is 5.68. The SMILES string of the molecule is NC1CCC(CN2CCC3(CCCC3)CC2)C1. The summed E-state index contributed by atoms with van der Waals surface area (Å²) in [6, 6.07) is 0.506. The van der Waals surface area contributed by atoms with Gasteiger partial charge in [0.1, 0.15) is 0 Å². The van der Waals surface area contributed by atoms with Crippen LogP contribution < -0.4 is 5.73 Å². The van der Waals surface area contributed by atoms with Crippen molar-refractivity contribution in [2.24, 2.45) is 17.1 Å². The molecule has 1 spiro atoms. The van der Waals surface area contributed by atoms with Crippen LogP contribution in [0.2, 0.25) is 0 Å². The minimum atomic E-state index is 0.506. The van der Waals surface area contributed by atoms with E-state index in [1.165, 1.54) is 77.4 Å². The van der Waals surface area contributed by atoms with Gasteiger partial charge in [0, 0.05) is 12.6 Å². The van der Waals surface area contributed by atoms with E-state index in [9.17, 15) is 0 Å². The second kappa shape index (κ2) is 4.89. The molecule has 2 nitrogen and oxygen atoms in total. The summed E-state index contributed by atoms with van der Waals surface area (Å²) >= 11 is 0. The average molecular weight is 236 g/mol. The van der Waals surface area contributed by atoms with Crippen LogP contribution in [0.15, 0.2) is 0 Å². The molecule has 1 heterocycles. The van der Waals surface area contributed by atoms with Gasteiger partial charge in [-0.05, 0) is 69.4 Å². The highest BCUT2D eigenvalue weighted by Gasteiger charge is 2.37. The maximum Gasteiger partial charge on any atom is 0.00420 e. The molecule has 1 saturated heterocycles. The highest BCUT2D eigenvalue weighted by molar-refractivity contribution is 4.90. The molecule has 0 amide bonds. The van der Waals surface area contributed by atoms with E-state index in [-0.39, 0.29) is 0 Å². The first kappa shape index (κ1) is 12.0. The summed E-state index contributed by atoms with van der Waals surface area (Å²) in [6.45, 7) is 4.07. The molecule has 0 aromatic rings. The number of piperidine rings is 1. The summed E-state index contributed by atoms with van der Waals surface area (Å²) in [4.78, 5) is 2.73. The second-order valence-electron chi connectivity index (χ2n) is 6.95. The Morgan fingerprint density at radius 2 is 1.71 bits per heavy atom. The van der Waals surface area contributed by atoms with Gasteiger partial charge in [-0.3, -0.25) is 0 Å². The standard InChI is InChI=1S/C15H28N2/c16-14-4-3-13(11-14)12-17-9-7-15(8-10-17)5-1-2-6-15/h13-14H,1-12,16H2. The molecular formula is C15H28N2. The van der Waals surface area contributed by atoms with Gasteiger partial charge in [-0.25, -0.2) is 0 Å². The van der Waals surface area contributed by atoms with E-state index in [0.717, 1.165) is 11.3 Å². The molecule has 2 N–H and O–H groups in total. The second-order valence-corrected chi connectivity index (χ2v) is 6.95. The van der Waals surface area contributed by atoms with Gasteiger partial charge in [0.05, 0.1) is 0 Å². The van der Waals surface area contributed by atoms with E-state index in [1.54, 1.807) is 0 Å². The Balaban J connectivity index is 1.45. The summed E-state index contributed by atoms with van der Waals surface area (Å²) in [5.41, 5.74) is 6.79. The van der Waals surface area contributed by atoms with Gasteiger partial charge >= 0.3 is 0 Å². The minimum absolute atomic E-state index is 0.506. The average Bonchev–Trinajstić information content (AvgIpc) is 2.93. The first-order valence-corrected chi connectivity index (χ1v) is 7.74. The van der Waals surface area contributed by atoms with Crippen LogP contribution in [0.25, 0.3) is 0 Å². The summed E-state index contributed by atoms with van der Waals surface area (Å²) in [6.07, 6.45) is 12.9. The van der Waals surface area contributed by atoms with E-state index in [2.05, 4.69) is 4.90 Å². The maximum absolute atomic E-state index is 6.01. The highest BCUT2D eigenvalue weighted by atomic mass is 15.1. The van der Waals surface area contributed by atoms with Crippen LogP contribution in [0, 0.1) is 11.3 Å². The molecule has 0 aromatic carbocycles. The van der Waals surface area contributed by atoms with Crippen molar-refractivity contribution in [3.8, 4) is 0 Å². The van der Waals surface area contributed by atoms with E-state index in [0.29, 0.717) is 6.04 Å². The van der Waals surface area contributed by atoms with Crippen LogP contribution in [0.3, 0.4) is 0 Å². The molecule has 3 aliphatic rings. The van der Waals surface area contributed by atoms with Crippen molar-refractivity contribution < 1.29 is 0 Å². The Bertz CT molecular complexity index is 248. The van der Waals surface area contributed by atoms with Crippen molar-refractivity contribution in [2.75, 3.05) is 19.6 Å². The predicted molar refractivity (Wildman–Crippen MR) is 71.9 cm³/mol. The zero-order chi connectivity index (χ0) is 11.7. The number of nitrogens with two attached hydrogens (primary N) is 1. The normalized spacial score (nSPS) is 37.9. The van der Waals surface area contributed by atoms with Crippen molar-refractivity contribution in [3.05, 3.63) is 0 Å². The topological polar surface area (TPSA) is 29.3 Å². The van der Waals surface area contributed by atoms with E-state index in [4.69, 9.17) is 5.73 Å². The van der Waals surface area contributed by atoms with Crippen molar-refractivity contribution in [2.45, 2.75) is 63.8 Å². The van der Waals surface area contributed by atoms with Crippen LogP contribution in [0.5, 0.6) is 0 Å². The molecule has 0 aromatic heterocycles. The van der Waals surface area contributed by atoms with Gasteiger partial charge in [0.25, 0.3) is 0 Å². The van der Waals surface area contributed by atoms with Crippen LogP contribution >= 0.6 is 0 Å². The number of rotatable bonds is 2. The van der Waals surface area contributed by atoms with E-state index in [1.807, 2.05) is 0 Å². The van der Waals surface area contributed by atoms with Crippen LogP contribution in [0.4, 0.5) is 0 Å². The Kier molecular flexibility index (Phi) is 3.45. The Morgan fingerprint density at radius 3 is 2.29 bits per heavy atom. The number of likely N-dealkylation sites (tertiary alicyclic amines) is 1. The monoisotopic (exact) mass is 236 g/mol. The molecule has 3 fully saturated rings. The van der Waals surface area contributed by atoms with Crippen molar-refractivity contribution >= 4 is 0 Å². The predicted octanol–water partition coefficient (Wildman–Crippen LogP) is 2.77. The lowest BCUT2D eigenvalue weighted by Crippen LogP contribution is -2.41. The van der Waals surface area contributed by atoms with Crippen molar-refractivity contribution in [1.82, 2.24) is 4.90 Å². The number of hydrogen-bond donors (Lipinski definition) is 1. The van der Waals surface area contributed by atoms with Gasteiger partial charge < -0.3 is 10.6 Å². The Hall–Kier alpha value is -0.0800. The molecule has 0 radical (unpaired) electrons. The first-order chi connectivity index (χ1) is 8.26. The number of hydrogen-bond acceptors (Lipinski definition) is 2. The minimum Gasteiger partial charge on any atom is -0.328 e. The van der Waals surface area contributed by atoms with Crippen LogP contribution in [-0.2, 0) is 0 Å². The first-order valence-electron chi connectivity index (χ1n) is 7.74. The van der Waals surface area contributed by atoms with Crippen molar-refractivity contribution in [1.29, 1.82) is 0 Å². The lowest BCUT2D eigenvalue weighted by molar-refractivity contribution is 0.0962. The third kappa shape index (κ3) is 2.68. The fourth-order valence-corrected chi connectivity index (χ4v) is 4.48. The summed E-state index contributed by atoms with van der Waals surface area (Å²) in [5.74, 6) is 0.905. The maximum atomic E-state index is 6.01. The molecule has 0 bridgehead atoms. The van der Waals surface area contributed by atoms with Crippen LogP contribution in [-0.4, -0.2) is 30.6 Å². The molecule has 3 rings (SSSR count). The molecule has 17 heavy (non-hydrogen) atoms. The highest BCUT2D eigenvalue weighted by Crippen LogP contribution is 2.46. The number of nitrogens with zero attached hydrogens (tertiary/aromatic N) is 1. The zero-order valence-corrected chi connectivity index (χ0v) is 11.2. The molecule has 2 atom stereocenters. The molecule has 98 valence electrons. The fraction of sp³-hybridized carbons (Fsp3) is 1.00. The molecular weight excluding hydrogens is 208 g/mol. The summed E-state index contributed by atoms with van der Waals surface area (Å²) < 4.78 is 0. The molecule has 1 aliphatic heterocycles.